The number of anilines is 1. The van der Waals surface area contributed by atoms with Crippen molar-refractivity contribution in [2.45, 2.75) is 19.7 Å². The summed E-state index contributed by atoms with van der Waals surface area (Å²) >= 11 is 5.64. The monoisotopic (exact) mass is 261 g/mol. The standard InChI is InChI=1S/C11H16ClNO2S/c1-9(2)8-16(14,15)13-11-5-3-10(7-12)4-6-11/h3-6,9,13H,7-8H2,1-2H3. The van der Waals surface area contributed by atoms with Crippen LogP contribution in [0.1, 0.15) is 19.4 Å². The highest BCUT2D eigenvalue weighted by atomic mass is 35.5. The first-order valence-corrected chi connectivity index (χ1v) is 7.27. The highest BCUT2D eigenvalue weighted by Crippen LogP contribution is 2.13. The predicted octanol–water partition coefficient (Wildman–Crippen LogP) is 2.82. The van der Waals surface area contributed by atoms with Crippen molar-refractivity contribution in [2.24, 2.45) is 5.92 Å². The van der Waals surface area contributed by atoms with Crippen LogP contribution >= 0.6 is 11.6 Å². The number of benzene rings is 1. The Morgan fingerprint density at radius 1 is 1.25 bits per heavy atom. The fraction of sp³-hybridized carbons (Fsp3) is 0.455. The van der Waals surface area contributed by atoms with Gasteiger partial charge in [0.15, 0.2) is 0 Å². The van der Waals surface area contributed by atoms with Crippen molar-refractivity contribution >= 4 is 27.3 Å². The zero-order chi connectivity index (χ0) is 12.2. The molecule has 0 saturated carbocycles. The minimum atomic E-state index is -3.24. The van der Waals surface area contributed by atoms with E-state index in [2.05, 4.69) is 4.72 Å². The van der Waals surface area contributed by atoms with E-state index in [9.17, 15) is 8.42 Å². The van der Waals surface area contributed by atoms with Crippen LogP contribution < -0.4 is 4.72 Å². The van der Waals surface area contributed by atoms with Crippen molar-refractivity contribution in [3.05, 3.63) is 29.8 Å². The summed E-state index contributed by atoms with van der Waals surface area (Å²) in [5, 5.41) is 0. The Labute approximate surface area is 102 Å². The van der Waals surface area contributed by atoms with Crippen molar-refractivity contribution < 1.29 is 8.42 Å². The normalized spacial score (nSPS) is 11.8. The van der Waals surface area contributed by atoms with E-state index in [4.69, 9.17) is 11.6 Å². The second-order valence-electron chi connectivity index (χ2n) is 4.11. The molecule has 3 nitrogen and oxygen atoms in total. The van der Waals surface area contributed by atoms with E-state index in [-0.39, 0.29) is 11.7 Å². The topological polar surface area (TPSA) is 46.2 Å². The minimum Gasteiger partial charge on any atom is -0.284 e. The smallest absolute Gasteiger partial charge is 0.232 e. The van der Waals surface area contributed by atoms with Gasteiger partial charge in [0.2, 0.25) is 10.0 Å². The Bertz CT molecular complexity index is 426. The van der Waals surface area contributed by atoms with E-state index >= 15 is 0 Å². The van der Waals surface area contributed by atoms with Gasteiger partial charge in [-0.2, -0.15) is 0 Å². The third-order valence-corrected chi connectivity index (χ3v) is 3.90. The summed E-state index contributed by atoms with van der Waals surface area (Å²) in [6, 6.07) is 7.05. The van der Waals surface area contributed by atoms with E-state index in [1.54, 1.807) is 24.3 Å². The zero-order valence-corrected chi connectivity index (χ0v) is 11.0. The lowest BCUT2D eigenvalue weighted by Crippen LogP contribution is -2.19. The van der Waals surface area contributed by atoms with Crippen LogP contribution in [0.25, 0.3) is 0 Å². The Morgan fingerprint density at radius 3 is 2.25 bits per heavy atom. The van der Waals surface area contributed by atoms with Crippen LogP contribution in [-0.4, -0.2) is 14.2 Å². The van der Waals surface area contributed by atoms with Crippen LogP contribution in [0.5, 0.6) is 0 Å². The largest absolute Gasteiger partial charge is 0.284 e. The van der Waals surface area contributed by atoms with Gasteiger partial charge in [0, 0.05) is 11.6 Å². The molecule has 16 heavy (non-hydrogen) atoms. The van der Waals surface area contributed by atoms with Gasteiger partial charge in [-0.15, -0.1) is 11.6 Å². The van der Waals surface area contributed by atoms with Gasteiger partial charge in [-0.25, -0.2) is 8.42 Å². The molecule has 0 atom stereocenters. The van der Waals surface area contributed by atoms with Crippen LogP contribution in [0.15, 0.2) is 24.3 Å². The molecule has 0 spiro atoms. The number of alkyl halides is 1. The molecule has 90 valence electrons. The number of rotatable bonds is 5. The third-order valence-electron chi connectivity index (χ3n) is 1.93. The minimum absolute atomic E-state index is 0.111. The molecule has 1 N–H and O–H groups in total. The Hall–Kier alpha value is -0.740. The molecular weight excluding hydrogens is 246 g/mol. The van der Waals surface area contributed by atoms with Crippen molar-refractivity contribution in [3.8, 4) is 0 Å². The van der Waals surface area contributed by atoms with Crippen LogP contribution in [-0.2, 0) is 15.9 Å². The molecule has 5 heteroatoms. The Kier molecular flexibility index (Phi) is 4.62. The van der Waals surface area contributed by atoms with Crippen LogP contribution in [0.2, 0.25) is 0 Å². The predicted molar refractivity (Wildman–Crippen MR) is 68.2 cm³/mol. The molecule has 0 saturated heterocycles. The molecule has 0 amide bonds. The van der Waals surface area contributed by atoms with Crippen molar-refractivity contribution in [1.29, 1.82) is 0 Å². The van der Waals surface area contributed by atoms with Crippen LogP contribution in [0, 0.1) is 5.92 Å². The van der Waals surface area contributed by atoms with Gasteiger partial charge in [-0.05, 0) is 23.6 Å². The van der Waals surface area contributed by atoms with Crippen LogP contribution in [0.3, 0.4) is 0 Å². The third kappa shape index (κ3) is 4.41. The second-order valence-corrected chi connectivity index (χ2v) is 6.14. The second kappa shape index (κ2) is 5.55. The van der Waals surface area contributed by atoms with Crippen molar-refractivity contribution in [1.82, 2.24) is 0 Å². The Morgan fingerprint density at radius 2 is 1.81 bits per heavy atom. The molecule has 0 fully saturated rings. The molecule has 0 bridgehead atoms. The van der Waals surface area contributed by atoms with Gasteiger partial charge >= 0.3 is 0 Å². The van der Waals surface area contributed by atoms with Crippen LogP contribution in [0.4, 0.5) is 5.69 Å². The first kappa shape index (κ1) is 13.3. The lowest BCUT2D eigenvalue weighted by molar-refractivity contribution is 0.587. The lowest BCUT2D eigenvalue weighted by atomic mass is 10.2. The molecule has 0 aromatic heterocycles. The van der Waals surface area contributed by atoms with E-state index in [1.165, 1.54) is 0 Å². The maximum Gasteiger partial charge on any atom is 0.232 e. The molecule has 0 radical (unpaired) electrons. The van der Waals surface area contributed by atoms with Crippen molar-refractivity contribution in [2.75, 3.05) is 10.5 Å². The van der Waals surface area contributed by atoms with Crippen molar-refractivity contribution in [3.63, 3.8) is 0 Å². The van der Waals surface area contributed by atoms with E-state index in [0.717, 1.165) is 5.56 Å². The van der Waals surface area contributed by atoms with Gasteiger partial charge in [0.05, 0.1) is 5.75 Å². The quantitative estimate of drug-likeness (QED) is 0.829. The molecule has 0 heterocycles. The number of halogens is 1. The summed E-state index contributed by atoms with van der Waals surface area (Å²) in [6.07, 6.45) is 0. The molecule has 0 aliphatic carbocycles. The summed E-state index contributed by atoms with van der Waals surface area (Å²) in [5.41, 5.74) is 1.54. The molecule has 1 aromatic rings. The summed E-state index contributed by atoms with van der Waals surface area (Å²) in [5.74, 6) is 0.670. The average molecular weight is 262 g/mol. The molecule has 0 aliphatic heterocycles. The van der Waals surface area contributed by atoms with E-state index < -0.39 is 10.0 Å². The number of hydrogen-bond acceptors (Lipinski definition) is 2. The summed E-state index contributed by atoms with van der Waals surface area (Å²) in [6.45, 7) is 3.74. The maximum absolute atomic E-state index is 11.6. The zero-order valence-electron chi connectivity index (χ0n) is 9.40. The molecule has 0 unspecified atom stereocenters. The highest BCUT2D eigenvalue weighted by molar-refractivity contribution is 7.92. The maximum atomic E-state index is 11.6. The summed E-state index contributed by atoms with van der Waals surface area (Å²) in [7, 11) is -3.24. The average Bonchev–Trinajstić information content (AvgIpc) is 2.16. The number of sulfonamides is 1. The molecule has 0 aliphatic rings. The number of hydrogen-bond donors (Lipinski definition) is 1. The Balaban J connectivity index is 2.72. The van der Waals surface area contributed by atoms with Gasteiger partial charge in [0.1, 0.15) is 0 Å². The first-order valence-electron chi connectivity index (χ1n) is 5.08. The molecule has 1 rings (SSSR count). The van der Waals surface area contributed by atoms with E-state index in [0.29, 0.717) is 11.6 Å². The van der Waals surface area contributed by atoms with Gasteiger partial charge in [-0.1, -0.05) is 26.0 Å². The fourth-order valence-electron chi connectivity index (χ4n) is 1.32. The van der Waals surface area contributed by atoms with Gasteiger partial charge in [0.25, 0.3) is 0 Å². The molecular formula is C11H16ClNO2S. The molecule has 1 aromatic carbocycles. The number of nitrogens with one attached hydrogen (secondary N) is 1. The lowest BCUT2D eigenvalue weighted by Gasteiger charge is -2.10. The fourth-order valence-corrected chi connectivity index (χ4v) is 2.96. The van der Waals surface area contributed by atoms with E-state index in [1.807, 2.05) is 13.8 Å². The van der Waals surface area contributed by atoms with Gasteiger partial charge in [-0.3, -0.25) is 4.72 Å². The first-order chi connectivity index (χ1) is 7.43. The highest BCUT2D eigenvalue weighted by Gasteiger charge is 2.12. The SMILES string of the molecule is CC(C)CS(=O)(=O)Nc1ccc(CCl)cc1. The van der Waals surface area contributed by atoms with Gasteiger partial charge < -0.3 is 0 Å². The summed E-state index contributed by atoms with van der Waals surface area (Å²) in [4.78, 5) is 0. The summed E-state index contributed by atoms with van der Waals surface area (Å²) < 4.78 is 25.8.